The van der Waals surface area contributed by atoms with Crippen molar-refractivity contribution in [2.24, 2.45) is 17.6 Å². The summed E-state index contributed by atoms with van der Waals surface area (Å²) < 4.78 is 0. The summed E-state index contributed by atoms with van der Waals surface area (Å²) in [5.41, 5.74) is 2.37. The second-order valence-electron chi connectivity index (χ2n) is 11.6. The van der Waals surface area contributed by atoms with Crippen molar-refractivity contribution in [2.45, 2.75) is 44.2 Å². The Labute approximate surface area is 268 Å². The van der Waals surface area contributed by atoms with Crippen LogP contribution in [-0.2, 0) is 20.8 Å². The SMILES string of the molecule is CCCCNCC(=O)Nc1cc(N(C)C)c2c(c1O)C(=O)C1=C(O)C3(O)C(=O)C(C(N)=O)=C(O)[C@@H](N(C)C)C3CC1C2.Cl.Cl. The number of aliphatic hydroxyl groups excluding tert-OH is 2. The number of amides is 2. The molecule has 0 aliphatic heterocycles. The fourth-order valence-corrected chi connectivity index (χ4v) is 6.49. The first-order chi connectivity index (χ1) is 19.7. The number of primary amides is 1. The maximum Gasteiger partial charge on any atom is 0.255 e. The number of rotatable bonds is 9. The fourth-order valence-electron chi connectivity index (χ4n) is 6.49. The van der Waals surface area contributed by atoms with E-state index in [4.69, 9.17) is 5.73 Å². The molecular formula is C29H41Cl2N5O8. The number of aromatic hydroxyl groups is 1. The van der Waals surface area contributed by atoms with Gasteiger partial charge >= 0.3 is 0 Å². The van der Waals surface area contributed by atoms with Crippen LogP contribution in [-0.4, -0.2) is 102 Å². The number of hydrogen-bond donors (Lipinski definition) is 7. The topological polar surface area (TPSA) is 206 Å². The van der Waals surface area contributed by atoms with Gasteiger partial charge < -0.3 is 41.7 Å². The van der Waals surface area contributed by atoms with Gasteiger partial charge in [-0.05, 0) is 57.5 Å². The molecule has 13 nitrogen and oxygen atoms in total. The van der Waals surface area contributed by atoms with Crippen LogP contribution in [0.15, 0.2) is 28.7 Å². The van der Waals surface area contributed by atoms with Gasteiger partial charge in [-0.3, -0.25) is 24.1 Å². The number of nitrogens with two attached hydrogens (primary N) is 1. The van der Waals surface area contributed by atoms with E-state index in [-0.39, 0.29) is 61.0 Å². The third kappa shape index (κ3) is 5.86. The number of Topliss-reactive ketones (excluding diaryl/α,β-unsaturated/α-hetero) is 2. The van der Waals surface area contributed by atoms with Crippen LogP contribution in [0.25, 0.3) is 0 Å². The minimum Gasteiger partial charge on any atom is -0.510 e. The van der Waals surface area contributed by atoms with E-state index < -0.39 is 69.7 Å². The van der Waals surface area contributed by atoms with Crippen LogP contribution in [0.3, 0.4) is 0 Å². The number of fused-ring (bicyclic) bond motifs is 3. The van der Waals surface area contributed by atoms with E-state index in [2.05, 4.69) is 10.6 Å². The predicted molar refractivity (Wildman–Crippen MR) is 169 cm³/mol. The summed E-state index contributed by atoms with van der Waals surface area (Å²) in [7, 11) is 6.64. The van der Waals surface area contributed by atoms with Crippen molar-refractivity contribution >= 4 is 59.6 Å². The fraction of sp³-hybridized carbons (Fsp3) is 0.517. The van der Waals surface area contributed by atoms with E-state index in [0.717, 1.165) is 12.8 Å². The van der Waals surface area contributed by atoms with Gasteiger partial charge in [-0.1, -0.05) is 13.3 Å². The van der Waals surface area contributed by atoms with Crippen LogP contribution in [0.5, 0.6) is 5.75 Å². The molecule has 0 bridgehead atoms. The summed E-state index contributed by atoms with van der Waals surface area (Å²) >= 11 is 0. The molecule has 3 aliphatic carbocycles. The van der Waals surface area contributed by atoms with Gasteiger partial charge in [-0.25, -0.2) is 0 Å². The Hall–Kier alpha value is -3.36. The van der Waals surface area contributed by atoms with E-state index in [1.54, 1.807) is 39.2 Å². The molecule has 244 valence electrons. The average Bonchev–Trinajstić information content (AvgIpc) is 2.89. The van der Waals surface area contributed by atoms with Crippen LogP contribution < -0.4 is 21.3 Å². The number of ketones is 2. The summed E-state index contributed by atoms with van der Waals surface area (Å²) in [4.78, 5) is 55.5. The van der Waals surface area contributed by atoms with Gasteiger partial charge in [0.1, 0.15) is 17.1 Å². The first kappa shape index (κ1) is 36.8. The molecule has 1 aromatic rings. The number of halogens is 2. The summed E-state index contributed by atoms with van der Waals surface area (Å²) in [5.74, 6) is -7.72. The Morgan fingerprint density at radius 2 is 1.75 bits per heavy atom. The average molecular weight is 659 g/mol. The smallest absolute Gasteiger partial charge is 0.255 e. The quantitative estimate of drug-likeness (QED) is 0.115. The van der Waals surface area contributed by atoms with E-state index in [9.17, 15) is 39.6 Å². The molecule has 15 heteroatoms. The number of likely N-dealkylation sites (N-methyl/N-ethyl adjacent to an activating group) is 1. The zero-order valence-electron chi connectivity index (χ0n) is 25.3. The normalized spacial score (nSPS) is 24.1. The van der Waals surface area contributed by atoms with Crippen molar-refractivity contribution in [3.8, 4) is 5.75 Å². The van der Waals surface area contributed by atoms with Gasteiger partial charge in [-0.15, -0.1) is 24.8 Å². The standard InChI is InChI=1S/C29H39N5O8.2ClH/c1-6-7-8-31-12-18(35)32-16-11-17(33(2)3)14-9-13-10-15-22(34(4)5)25(38)21(28(30)41)27(40)29(15,42)26(39)19(13)24(37)20(14)23(16)36;;/h11,13,15,22,31,36,38-39,42H,6-10,12H2,1-5H3,(H2,30,41)(H,32,35);2*1H/t13?,15?,22-,29?;;/m0../s1. The second kappa shape index (κ2) is 13.7. The highest BCUT2D eigenvalue weighted by Crippen LogP contribution is 2.53. The minimum atomic E-state index is -2.72. The van der Waals surface area contributed by atoms with Gasteiger partial charge in [0.05, 0.1) is 23.8 Å². The molecule has 4 rings (SSSR count). The third-order valence-electron chi connectivity index (χ3n) is 8.45. The van der Waals surface area contributed by atoms with Crippen molar-refractivity contribution < 1.29 is 39.6 Å². The van der Waals surface area contributed by atoms with E-state index in [1.807, 2.05) is 6.92 Å². The van der Waals surface area contributed by atoms with Gasteiger partial charge in [0.25, 0.3) is 5.91 Å². The molecule has 2 amide bonds. The van der Waals surface area contributed by atoms with Gasteiger partial charge in [0.2, 0.25) is 11.7 Å². The maximum atomic E-state index is 14.1. The highest BCUT2D eigenvalue weighted by atomic mass is 35.5. The number of benzene rings is 1. The Bertz CT molecular complexity index is 1430. The minimum absolute atomic E-state index is 0. The van der Waals surface area contributed by atoms with E-state index in [1.165, 1.54) is 4.90 Å². The van der Waals surface area contributed by atoms with E-state index in [0.29, 0.717) is 17.8 Å². The molecule has 3 aliphatic rings. The Morgan fingerprint density at radius 3 is 2.30 bits per heavy atom. The number of nitrogens with one attached hydrogen (secondary N) is 2. The lowest BCUT2D eigenvalue weighted by atomic mass is 9.58. The van der Waals surface area contributed by atoms with Crippen molar-refractivity contribution in [2.75, 3.05) is 51.5 Å². The molecule has 0 aromatic heterocycles. The summed E-state index contributed by atoms with van der Waals surface area (Å²) in [6, 6.07) is 0.500. The number of allylic oxidation sites excluding steroid dienone is 1. The summed E-state index contributed by atoms with van der Waals surface area (Å²) in [6.07, 6.45) is 1.97. The molecule has 0 radical (unpaired) electrons. The molecule has 4 atom stereocenters. The van der Waals surface area contributed by atoms with Crippen molar-refractivity contribution in [1.82, 2.24) is 10.2 Å². The number of phenols is 1. The number of phenolic OH excluding ortho intramolecular Hbond substituents is 1. The monoisotopic (exact) mass is 657 g/mol. The number of hydrogen-bond acceptors (Lipinski definition) is 11. The van der Waals surface area contributed by atoms with Crippen LogP contribution in [0, 0.1) is 11.8 Å². The third-order valence-corrected chi connectivity index (χ3v) is 8.45. The predicted octanol–water partition coefficient (Wildman–Crippen LogP) is 1.36. The zero-order valence-corrected chi connectivity index (χ0v) is 26.9. The molecule has 0 fully saturated rings. The number of unbranched alkanes of at least 4 members (excludes halogenated alkanes) is 1. The number of anilines is 2. The molecular weight excluding hydrogens is 617 g/mol. The zero-order chi connectivity index (χ0) is 31.3. The largest absolute Gasteiger partial charge is 0.510 e. The number of aliphatic hydroxyl groups is 3. The van der Waals surface area contributed by atoms with Crippen LogP contribution in [0.1, 0.15) is 42.1 Å². The molecule has 0 heterocycles. The number of carbonyl (C=O) groups excluding carboxylic acids is 4. The van der Waals surface area contributed by atoms with Crippen molar-refractivity contribution in [3.63, 3.8) is 0 Å². The second-order valence-corrected chi connectivity index (χ2v) is 11.6. The Kier molecular flexibility index (Phi) is 11.5. The van der Waals surface area contributed by atoms with Crippen molar-refractivity contribution in [3.05, 3.63) is 39.9 Å². The molecule has 3 unspecified atom stereocenters. The van der Waals surface area contributed by atoms with Crippen LogP contribution >= 0.6 is 24.8 Å². The number of carbonyl (C=O) groups is 4. The number of nitrogens with zero attached hydrogens (tertiary/aromatic N) is 2. The lowest BCUT2D eigenvalue weighted by Gasteiger charge is -2.50. The van der Waals surface area contributed by atoms with Crippen molar-refractivity contribution in [1.29, 1.82) is 0 Å². The molecule has 1 aromatic carbocycles. The summed E-state index contributed by atoms with van der Waals surface area (Å²) in [6.45, 7) is 2.65. The molecule has 8 N–H and O–H groups in total. The maximum absolute atomic E-state index is 14.1. The van der Waals surface area contributed by atoms with Gasteiger partial charge in [0, 0.05) is 31.3 Å². The Morgan fingerprint density at radius 1 is 1.11 bits per heavy atom. The lowest BCUT2D eigenvalue weighted by Crippen LogP contribution is -2.63. The summed E-state index contributed by atoms with van der Waals surface area (Å²) in [5, 5.41) is 51.0. The highest BCUT2D eigenvalue weighted by Gasteiger charge is 2.63. The van der Waals surface area contributed by atoms with E-state index >= 15 is 0 Å². The first-order valence-electron chi connectivity index (χ1n) is 13.9. The van der Waals surface area contributed by atoms with Crippen LogP contribution in [0.4, 0.5) is 11.4 Å². The Balaban J connectivity index is 0.00000337. The molecule has 0 saturated carbocycles. The lowest BCUT2D eigenvalue weighted by molar-refractivity contribution is -0.148. The molecule has 44 heavy (non-hydrogen) atoms. The first-order valence-corrected chi connectivity index (χ1v) is 13.9. The van der Waals surface area contributed by atoms with Gasteiger partial charge in [0.15, 0.2) is 17.1 Å². The van der Waals surface area contributed by atoms with Gasteiger partial charge in [-0.2, -0.15) is 0 Å². The van der Waals surface area contributed by atoms with Crippen LogP contribution in [0.2, 0.25) is 0 Å². The molecule has 0 spiro atoms. The highest BCUT2D eigenvalue weighted by molar-refractivity contribution is 6.25. The molecule has 0 saturated heterocycles.